The van der Waals surface area contributed by atoms with Crippen molar-refractivity contribution in [1.29, 1.82) is 5.41 Å². The standard InChI is InChI=1S/C7H15NO/c1-5(2)6(8)7(3,4)9/h5,8-9H,1-4H3. The second-order valence-corrected chi connectivity index (χ2v) is 3.13. The van der Waals surface area contributed by atoms with E-state index in [2.05, 4.69) is 0 Å². The van der Waals surface area contributed by atoms with Gasteiger partial charge in [-0.1, -0.05) is 13.8 Å². The zero-order valence-electron chi connectivity index (χ0n) is 6.52. The van der Waals surface area contributed by atoms with Crippen LogP contribution in [0.25, 0.3) is 0 Å². The van der Waals surface area contributed by atoms with E-state index < -0.39 is 5.60 Å². The predicted molar refractivity (Wildman–Crippen MR) is 38.9 cm³/mol. The monoisotopic (exact) mass is 129 g/mol. The lowest BCUT2D eigenvalue weighted by Gasteiger charge is -2.20. The van der Waals surface area contributed by atoms with E-state index in [4.69, 9.17) is 5.41 Å². The van der Waals surface area contributed by atoms with Gasteiger partial charge in [-0.2, -0.15) is 0 Å². The lowest BCUT2D eigenvalue weighted by Crippen LogP contribution is -2.33. The molecule has 0 bridgehead atoms. The molecule has 0 aromatic heterocycles. The van der Waals surface area contributed by atoms with Gasteiger partial charge in [-0.05, 0) is 19.8 Å². The number of hydrogen-bond acceptors (Lipinski definition) is 2. The minimum Gasteiger partial charge on any atom is -0.385 e. The van der Waals surface area contributed by atoms with E-state index in [0.29, 0.717) is 5.71 Å². The van der Waals surface area contributed by atoms with Gasteiger partial charge >= 0.3 is 0 Å². The van der Waals surface area contributed by atoms with Crippen molar-refractivity contribution in [1.82, 2.24) is 0 Å². The Morgan fingerprint density at radius 3 is 1.78 bits per heavy atom. The van der Waals surface area contributed by atoms with Crippen LogP contribution in [0.3, 0.4) is 0 Å². The van der Waals surface area contributed by atoms with E-state index in [0.717, 1.165) is 0 Å². The van der Waals surface area contributed by atoms with Crippen LogP contribution >= 0.6 is 0 Å². The highest BCUT2D eigenvalue weighted by atomic mass is 16.3. The number of hydrogen-bond donors (Lipinski definition) is 2. The zero-order valence-corrected chi connectivity index (χ0v) is 6.52. The molecule has 2 N–H and O–H groups in total. The van der Waals surface area contributed by atoms with Crippen LogP contribution in [0.1, 0.15) is 27.7 Å². The van der Waals surface area contributed by atoms with Gasteiger partial charge in [0.25, 0.3) is 0 Å². The summed E-state index contributed by atoms with van der Waals surface area (Å²) in [5.41, 5.74) is -0.545. The van der Waals surface area contributed by atoms with Gasteiger partial charge in [0.05, 0.1) is 5.60 Å². The summed E-state index contributed by atoms with van der Waals surface area (Å²) in [7, 11) is 0. The lowest BCUT2D eigenvalue weighted by atomic mass is 9.94. The van der Waals surface area contributed by atoms with Gasteiger partial charge in [-0.3, -0.25) is 0 Å². The molecule has 9 heavy (non-hydrogen) atoms. The molecule has 0 radical (unpaired) electrons. The van der Waals surface area contributed by atoms with Gasteiger partial charge < -0.3 is 10.5 Å². The quantitative estimate of drug-likeness (QED) is 0.544. The van der Waals surface area contributed by atoms with Crippen LogP contribution in [-0.2, 0) is 0 Å². The third-order valence-electron chi connectivity index (χ3n) is 1.24. The van der Waals surface area contributed by atoms with Crippen LogP contribution < -0.4 is 0 Å². The average Bonchev–Trinajstić information content (AvgIpc) is 1.62. The van der Waals surface area contributed by atoms with E-state index in [1.807, 2.05) is 13.8 Å². The summed E-state index contributed by atoms with van der Waals surface area (Å²) >= 11 is 0. The maximum Gasteiger partial charge on any atom is 0.0966 e. The van der Waals surface area contributed by atoms with Crippen molar-refractivity contribution in [3.8, 4) is 0 Å². The lowest BCUT2D eigenvalue weighted by molar-refractivity contribution is 0.148. The van der Waals surface area contributed by atoms with E-state index in [-0.39, 0.29) is 5.92 Å². The Balaban J connectivity index is 4.06. The van der Waals surface area contributed by atoms with Gasteiger partial charge in [-0.15, -0.1) is 0 Å². The van der Waals surface area contributed by atoms with Crippen molar-refractivity contribution < 1.29 is 5.11 Å². The van der Waals surface area contributed by atoms with E-state index in [9.17, 15) is 5.11 Å². The fourth-order valence-corrected chi connectivity index (χ4v) is 0.706. The van der Waals surface area contributed by atoms with Crippen LogP contribution in [-0.4, -0.2) is 16.4 Å². The molecule has 2 nitrogen and oxygen atoms in total. The van der Waals surface area contributed by atoms with Gasteiger partial charge in [-0.25, -0.2) is 0 Å². The molecule has 0 saturated carbocycles. The Morgan fingerprint density at radius 1 is 1.44 bits per heavy atom. The minimum absolute atomic E-state index is 0.144. The summed E-state index contributed by atoms with van der Waals surface area (Å²) in [5.74, 6) is 0.144. The van der Waals surface area contributed by atoms with E-state index in [1.165, 1.54) is 0 Å². The minimum atomic E-state index is -0.936. The summed E-state index contributed by atoms with van der Waals surface area (Å²) in [6.45, 7) is 7.07. The Hall–Kier alpha value is -0.370. The van der Waals surface area contributed by atoms with Crippen molar-refractivity contribution in [2.75, 3.05) is 0 Å². The third-order valence-corrected chi connectivity index (χ3v) is 1.24. The van der Waals surface area contributed by atoms with Crippen molar-refractivity contribution >= 4 is 5.71 Å². The molecule has 0 spiro atoms. The van der Waals surface area contributed by atoms with Gasteiger partial charge in [0.1, 0.15) is 0 Å². The van der Waals surface area contributed by atoms with E-state index in [1.54, 1.807) is 13.8 Å². The van der Waals surface area contributed by atoms with E-state index >= 15 is 0 Å². The fraction of sp³-hybridized carbons (Fsp3) is 0.857. The van der Waals surface area contributed by atoms with Crippen molar-refractivity contribution in [3.05, 3.63) is 0 Å². The first-order valence-corrected chi connectivity index (χ1v) is 3.17. The molecule has 0 saturated heterocycles. The topological polar surface area (TPSA) is 44.1 Å². The first-order chi connectivity index (χ1) is 3.85. The van der Waals surface area contributed by atoms with Gasteiger partial charge in [0, 0.05) is 5.71 Å². The van der Waals surface area contributed by atoms with Crippen molar-refractivity contribution in [2.45, 2.75) is 33.3 Å². The second kappa shape index (κ2) is 2.48. The van der Waals surface area contributed by atoms with Crippen molar-refractivity contribution in [2.24, 2.45) is 5.92 Å². The first-order valence-electron chi connectivity index (χ1n) is 3.17. The molecular weight excluding hydrogens is 114 g/mol. The number of nitrogens with one attached hydrogen (secondary N) is 1. The maximum absolute atomic E-state index is 9.23. The average molecular weight is 129 g/mol. The SMILES string of the molecule is CC(C)C(=N)C(C)(C)O. The maximum atomic E-state index is 9.23. The van der Waals surface area contributed by atoms with Crippen LogP contribution in [0, 0.1) is 11.3 Å². The summed E-state index contributed by atoms with van der Waals surface area (Å²) in [4.78, 5) is 0. The molecule has 0 atom stereocenters. The Kier molecular flexibility index (Phi) is 2.38. The van der Waals surface area contributed by atoms with Gasteiger partial charge in [0.15, 0.2) is 0 Å². The predicted octanol–water partition coefficient (Wildman–Crippen LogP) is 1.43. The van der Waals surface area contributed by atoms with Crippen molar-refractivity contribution in [3.63, 3.8) is 0 Å². The second-order valence-electron chi connectivity index (χ2n) is 3.13. The normalized spacial score (nSPS) is 12.2. The smallest absolute Gasteiger partial charge is 0.0966 e. The summed E-state index contributed by atoms with van der Waals surface area (Å²) < 4.78 is 0. The van der Waals surface area contributed by atoms with Gasteiger partial charge in [0.2, 0.25) is 0 Å². The Bertz CT molecular complexity index is 111. The first kappa shape index (κ1) is 8.63. The molecule has 0 rings (SSSR count). The zero-order chi connectivity index (χ0) is 7.65. The largest absolute Gasteiger partial charge is 0.385 e. The highest BCUT2D eigenvalue weighted by Crippen LogP contribution is 2.10. The fourth-order valence-electron chi connectivity index (χ4n) is 0.706. The van der Waals surface area contributed by atoms with Crippen LogP contribution in [0.2, 0.25) is 0 Å². The molecule has 0 aliphatic heterocycles. The molecule has 0 aliphatic rings. The van der Waals surface area contributed by atoms with Crippen LogP contribution in [0.5, 0.6) is 0 Å². The molecule has 0 unspecified atom stereocenters. The Morgan fingerprint density at radius 2 is 1.78 bits per heavy atom. The molecule has 0 aromatic rings. The van der Waals surface area contributed by atoms with Crippen LogP contribution in [0.15, 0.2) is 0 Å². The van der Waals surface area contributed by atoms with Crippen LogP contribution in [0.4, 0.5) is 0 Å². The molecule has 0 heterocycles. The molecule has 2 heteroatoms. The number of rotatable bonds is 2. The highest BCUT2D eigenvalue weighted by molar-refractivity contribution is 5.90. The molecular formula is C7H15NO. The summed E-state index contributed by atoms with van der Waals surface area (Å²) in [5, 5.41) is 16.6. The molecule has 0 aromatic carbocycles. The molecule has 0 fully saturated rings. The number of aliphatic hydroxyl groups is 1. The Labute approximate surface area is 56.4 Å². The summed E-state index contributed by atoms with van der Waals surface area (Å²) in [6, 6.07) is 0. The molecule has 54 valence electrons. The molecule has 0 amide bonds. The third kappa shape index (κ3) is 2.61. The molecule has 0 aliphatic carbocycles. The summed E-state index contributed by atoms with van der Waals surface area (Å²) in [6.07, 6.45) is 0. The highest BCUT2D eigenvalue weighted by Gasteiger charge is 2.21.